The zero-order chi connectivity index (χ0) is 14.8. The van der Waals surface area contributed by atoms with Crippen molar-refractivity contribution in [2.75, 3.05) is 29.7 Å². The second kappa shape index (κ2) is 9.53. The van der Waals surface area contributed by atoms with Crippen molar-refractivity contribution < 1.29 is 9.53 Å². The van der Waals surface area contributed by atoms with Crippen molar-refractivity contribution in [3.05, 3.63) is 18.2 Å². The average molecular weight is 296 g/mol. The van der Waals surface area contributed by atoms with Crippen LogP contribution in [0.2, 0.25) is 0 Å². The molecule has 0 aliphatic carbocycles. The Morgan fingerprint density at radius 2 is 2.10 bits per heavy atom. The van der Waals surface area contributed by atoms with Crippen LogP contribution < -0.4 is 15.8 Å². The number of nitrogens with one attached hydrogen (secondary N) is 1. The minimum absolute atomic E-state index is 0.0120. The van der Waals surface area contributed by atoms with Gasteiger partial charge in [-0.3, -0.25) is 4.79 Å². The van der Waals surface area contributed by atoms with E-state index in [0.29, 0.717) is 23.5 Å². The lowest BCUT2D eigenvalue weighted by atomic mass is 10.2. The van der Waals surface area contributed by atoms with Gasteiger partial charge in [0.15, 0.2) is 0 Å². The third kappa shape index (κ3) is 6.19. The SMILES string of the molecule is CCCCSCCCC(=O)Nc1ccc(OC)cc1N. The molecule has 3 N–H and O–H groups in total. The molecule has 0 atom stereocenters. The molecule has 0 bridgehead atoms. The number of anilines is 2. The summed E-state index contributed by atoms with van der Waals surface area (Å²) in [5.41, 5.74) is 7.03. The van der Waals surface area contributed by atoms with E-state index in [1.165, 1.54) is 18.6 Å². The van der Waals surface area contributed by atoms with E-state index in [2.05, 4.69) is 12.2 Å². The van der Waals surface area contributed by atoms with Crippen molar-refractivity contribution in [2.24, 2.45) is 0 Å². The molecule has 0 saturated carbocycles. The minimum atomic E-state index is 0.0120. The molecular weight excluding hydrogens is 272 g/mol. The number of unbranched alkanes of at least 4 members (excludes halogenated alkanes) is 1. The zero-order valence-electron chi connectivity index (χ0n) is 12.3. The lowest BCUT2D eigenvalue weighted by molar-refractivity contribution is -0.116. The van der Waals surface area contributed by atoms with Crippen molar-refractivity contribution >= 4 is 29.0 Å². The maximum absolute atomic E-state index is 11.8. The van der Waals surface area contributed by atoms with Crippen molar-refractivity contribution in [3.8, 4) is 5.75 Å². The number of nitrogen functional groups attached to an aromatic ring is 1. The number of carbonyl (C=O) groups is 1. The van der Waals surface area contributed by atoms with Crippen LogP contribution in [-0.2, 0) is 4.79 Å². The smallest absolute Gasteiger partial charge is 0.224 e. The average Bonchev–Trinajstić information content (AvgIpc) is 2.45. The van der Waals surface area contributed by atoms with Gasteiger partial charge in [-0.05, 0) is 36.5 Å². The third-order valence-corrected chi connectivity index (χ3v) is 4.02. The van der Waals surface area contributed by atoms with E-state index in [4.69, 9.17) is 10.5 Å². The fraction of sp³-hybridized carbons (Fsp3) is 0.533. The molecule has 0 aliphatic heterocycles. The predicted molar refractivity (Wildman–Crippen MR) is 87.5 cm³/mol. The summed E-state index contributed by atoms with van der Waals surface area (Å²) >= 11 is 1.91. The predicted octanol–water partition coefficient (Wildman–Crippen LogP) is 3.53. The number of ether oxygens (including phenoxy) is 1. The standard InChI is InChI=1S/C15H24N2O2S/c1-3-4-9-20-10-5-6-15(18)17-14-8-7-12(19-2)11-13(14)16/h7-8,11H,3-6,9-10,16H2,1-2H3,(H,17,18). The Balaban J connectivity index is 2.28. The first-order chi connectivity index (χ1) is 9.67. The van der Waals surface area contributed by atoms with Crippen LogP contribution in [0, 0.1) is 0 Å². The Morgan fingerprint density at radius 3 is 2.75 bits per heavy atom. The van der Waals surface area contributed by atoms with Gasteiger partial charge in [0.1, 0.15) is 5.75 Å². The summed E-state index contributed by atoms with van der Waals surface area (Å²) in [5, 5.41) is 2.83. The molecule has 1 aromatic carbocycles. The summed E-state index contributed by atoms with van der Waals surface area (Å²) in [6, 6.07) is 5.25. The number of benzene rings is 1. The Hall–Kier alpha value is -1.36. The summed E-state index contributed by atoms with van der Waals surface area (Å²) < 4.78 is 5.07. The molecule has 1 rings (SSSR count). The van der Waals surface area contributed by atoms with Crippen molar-refractivity contribution in [1.29, 1.82) is 0 Å². The highest BCUT2D eigenvalue weighted by molar-refractivity contribution is 7.99. The quantitative estimate of drug-likeness (QED) is 0.540. The van der Waals surface area contributed by atoms with E-state index < -0.39 is 0 Å². The van der Waals surface area contributed by atoms with Crippen LogP contribution >= 0.6 is 11.8 Å². The van der Waals surface area contributed by atoms with Crippen molar-refractivity contribution in [1.82, 2.24) is 0 Å². The molecular formula is C15H24N2O2S. The van der Waals surface area contributed by atoms with Gasteiger partial charge >= 0.3 is 0 Å². The summed E-state index contributed by atoms with van der Waals surface area (Å²) in [7, 11) is 1.59. The highest BCUT2D eigenvalue weighted by atomic mass is 32.2. The number of hydrogen-bond acceptors (Lipinski definition) is 4. The largest absolute Gasteiger partial charge is 0.497 e. The minimum Gasteiger partial charge on any atom is -0.497 e. The van der Waals surface area contributed by atoms with Crippen molar-refractivity contribution in [2.45, 2.75) is 32.6 Å². The van der Waals surface area contributed by atoms with Gasteiger partial charge < -0.3 is 15.8 Å². The Labute approximate surface area is 125 Å². The number of rotatable bonds is 9. The third-order valence-electron chi connectivity index (χ3n) is 2.87. The molecule has 0 aliphatic rings. The maximum Gasteiger partial charge on any atom is 0.224 e. The van der Waals surface area contributed by atoms with Crippen LogP contribution in [0.15, 0.2) is 18.2 Å². The second-order valence-electron chi connectivity index (χ2n) is 4.57. The Bertz CT molecular complexity index is 424. The Morgan fingerprint density at radius 1 is 1.35 bits per heavy atom. The Kier molecular flexibility index (Phi) is 7.95. The molecule has 5 heteroatoms. The van der Waals surface area contributed by atoms with Crippen LogP contribution in [0.5, 0.6) is 5.75 Å². The molecule has 1 aromatic rings. The molecule has 0 spiro atoms. The zero-order valence-corrected chi connectivity index (χ0v) is 13.1. The van der Waals surface area contributed by atoms with Gasteiger partial charge in [-0.2, -0.15) is 11.8 Å². The lowest BCUT2D eigenvalue weighted by Gasteiger charge is -2.09. The van der Waals surface area contributed by atoms with E-state index in [0.717, 1.165) is 12.2 Å². The van der Waals surface area contributed by atoms with E-state index in [1.807, 2.05) is 11.8 Å². The number of methoxy groups -OCH3 is 1. The van der Waals surface area contributed by atoms with E-state index >= 15 is 0 Å². The first-order valence-corrected chi connectivity index (χ1v) is 8.14. The molecule has 0 unspecified atom stereocenters. The van der Waals surface area contributed by atoms with Crippen molar-refractivity contribution in [3.63, 3.8) is 0 Å². The van der Waals surface area contributed by atoms with Gasteiger partial charge in [0.25, 0.3) is 0 Å². The molecule has 0 aromatic heterocycles. The fourth-order valence-corrected chi connectivity index (χ4v) is 2.72. The maximum atomic E-state index is 11.8. The van der Waals surface area contributed by atoms with Gasteiger partial charge in [0, 0.05) is 12.5 Å². The lowest BCUT2D eigenvalue weighted by Crippen LogP contribution is -2.12. The molecule has 1 amide bonds. The number of hydrogen-bond donors (Lipinski definition) is 2. The molecule has 112 valence electrons. The van der Waals surface area contributed by atoms with Crippen LogP contribution in [0.1, 0.15) is 32.6 Å². The number of thioether (sulfide) groups is 1. The van der Waals surface area contributed by atoms with Gasteiger partial charge in [-0.1, -0.05) is 13.3 Å². The second-order valence-corrected chi connectivity index (χ2v) is 5.80. The number of amides is 1. The number of carbonyl (C=O) groups excluding carboxylic acids is 1. The molecule has 0 radical (unpaired) electrons. The van der Waals surface area contributed by atoms with Crippen LogP contribution in [0.3, 0.4) is 0 Å². The van der Waals surface area contributed by atoms with E-state index in [1.54, 1.807) is 25.3 Å². The molecule has 0 fully saturated rings. The van der Waals surface area contributed by atoms with Crippen LogP contribution in [0.4, 0.5) is 11.4 Å². The molecule has 0 heterocycles. The van der Waals surface area contributed by atoms with Gasteiger partial charge in [-0.15, -0.1) is 0 Å². The normalized spacial score (nSPS) is 10.3. The first-order valence-electron chi connectivity index (χ1n) is 6.98. The molecule has 4 nitrogen and oxygen atoms in total. The van der Waals surface area contributed by atoms with Gasteiger partial charge in [0.2, 0.25) is 5.91 Å². The van der Waals surface area contributed by atoms with E-state index in [-0.39, 0.29) is 5.91 Å². The molecule has 20 heavy (non-hydrogen) atoms. The summed E-state index contributed by atoms with van der Waals surface area (Å²) in [6.45, 7) is 2.19. The summed E-state index contributed by atoms with van der Waals surface area (Å²) in [5.74, 6) is 2.92. The summed E-state index contributed by atoms with van der Waals surface area (Å²) in [6.07, 6.45) is 3.91. The van der Waals surface area contributed by atoms with Crippen LogP contribution in [-0.4, -0.2) is 24.5 Å². The van der Waals surface area contributed by atoms with E-state index in [9.17, 15) is 4.79 Å². The topological polar surface area (TPSA) is 64.3 Å². The van der Waals surface area contributed by atoms with Gasteiger partial charge in [0.05, 0.1) is 18.5 Å². The fourth-order valence-electron chi connectivity index (χ4n) is 1.68. The van der Waals surface area contributed by atoms with Gasteiger partial charge in [-0.25, -0.2) is 0 Å². The first kappa shape index (κ1) is 16.7. The monoisotopic (exact) mass is 296 g/mol. The highest BCUT2D eigenvalue weighted by Crippen LogP contribution is 2.24. The highest BCUT2D eigenvalue weighted by Gasteiger charge is 2.06. The van der Waals surface area contributed by atoms with Crippen LogP contribution in [0.25, 0.3) is 0 Å². The number of nitrogens with two attached hydrogens (primary N) is 1. The summed E-state index contributed by atoms with van der Waals surface area (Å²) in [4.78, 5) is 11.8. The molecule has 0 saturated heterocycles.